The SMILES string of the molecule is CCn1c(=O)oc2cc(S(=O)(=O)Nc3ccc(OC)c(OC)c3)c(Cl)cc21. The number of halogens is 1. The summed E-state index contributed by atoms with van der Waals surface area (Å²) in [6, 6.07) is 7.21. The summed E-state index contributed by atoms with van der Waals surface area (Å²) in [6.07, 6.45) is 0. The van der Waals surface area contributed by atoms with E-state index in [-0.39, 0.29) is 21.2 Å². The molecule has 144 valence electrons. The number of methoxy groups -OCH3 is 2. The number of aromatic nitrogens is 1. The van der Waals surface area contributed by atoms with Gasteiger partial charge in [-0.25, -0.2) is 13.2 Å². The van der Waals surface area contributed by atoms with Gasteiger partial charge in [-0.15, -0.1) is 0 Å². The van der Waals surface area contributed by atoms with E-state index < -0.39 is 15.8 Å². The first-order chi connectivity index (χ1) is 12.8. The second-order valence-corrected chi connectivity index (χ2v) is 7.60. The molecule has 0 radical (unpaired) electrons. The van der Waals surface area contributed by atoms with Gasteiger partial charge in [0.2, 0.25) is 0 Å². The average Bonchev–Trinajstić information content (AvgIpc) is 2.94. The third-order valence-electron chi connectivity index (χ3n) is 3.96. The number of sulfonamides is 1. The molecule has 0 aliphatic heterocycles. The van der Waals surface area contributed by atoms with Crippen LogP contribution in [-0.4, -0.2) is 27.2 Å². The van der Waals surface area contributed by atoms with Crippen LogP contribution in [0.15, 0.2) is 44.4 Å². The number of ether oxygens (including phenoxy) is 2. The van der Waals surface area contributed by atoms with Gasteiger partial charge in [-0.3, -0.25) is 9.29 Å². The van der Waals surface area contributed by atoms with Crippen molar-refractivity contribution in [3.63, 3.8) is 0 Å². The van der Waals surface area contributed by atoms with Crippen molar-refractivity contribution in [2.45, 2.75) is 18.4 Å². The largest absolute Gasteiger partial charge is 0.493 e. The molecule has 3 aromatic rings. The molecule has 0 saturated carbocycles. The maximum absolute atomic E-state index is 12.8. The quantitative estimate of drug-likeness (QED) is 0.667. The van der Waals surface area contributed by atoms with Gasteiger partial charge in [0.05, 0.1) is 30.4 Å². The minimum absolute atomic E-state index is 0.0292. The van der Waals surface area contributed by atoms with E-state index >= 15 is 0 Å². The van der Waals surface area contributed by atoms with Gasteiger partial charge < -0.3 is 13.9 Å². The van der Waals surface area contributed by atoms with Crippen LogP contribution >= 0.6 is 11.6 Å². The summed E-state index contributed by atoms with van der Waals surface area (Å²) < 4.78 is 44.8. The highest BCUT2D eigenvalue weighted by atomic mass is 35.5. The van der Waals surface area contributed by atoms with E-state index in [1.165, 1.54) is 43.1 Å². The second-order valence-electron chi connectivity index (χ2n) is 5.54. The lowest BCUT2D eigenvalue weighted by molar-refractivity contribution is 0.355. The number of anilines is 1. The van der Waals surface area contributed by atoms with Crippen LogP contribution in [0.4, 0.5) is 5.69 Å². The molecule has 1 aromatic heterocycles. The van der Waals surface area contributed by atoms with E-state index in [1.807, 2.05) is 0 Å². The standard InChI is InChI=1S/C17H17ClN2O6S/c1-4-20-12-8-11(18)16(9-14(12)26-17(20)21)27(22,23)19-10-5-6-13(24-2)15(7-10)25-3/h5-9,19H,4H2,1-3H3. The fourth-order valence-corrected chi connectivity index (χ4v) is 4.27. The number of benzene rings is 2. The summed E-state index contributed by atoms with van der Waals surface area (Å²) in [4.78, 5) is 11.6. The first-order valence-electron chi connectivity index (χ1n) is 7.88. The van der Waals surface area contributed by atoms with E-state index in [1.54, 1.807) is 13.0 Å². The lowest BCUT2D eigenvalue weighted by atomic mass is 10.3. The molecule has 0 spiro atoms. The Labute approximate surface area is 160 Å². The van der Waals surface area contributed by atoms with Gasteiger partial charge in [0.25, 0.3) is 10.0 Å². The van der Waals surface area contributed by atoms with Gasteiger partial charge in [-0.05, 0) is 25.1 Å². The number of aryl methyl sites for hydroxylation is 1. The minimum Gasteiger partial charge on any atom is -0.493 e. The van der Waals surface area contributed by atoms with Crippen LogP contribution in [0.2, 0.25) is 5.02 Å². The van der Waals surface area contributed by atoms with E-state index in [0.29, 0.717) is 23.6 Å². The number of rotatable bonds is 6. The van der Waals surface area contributed by atoms with Crippen LogP contribution in [0, 0.1) is 0 Å². The molecule has 3 rings (SSSR count). The Morgan fingerprint density at radius 2 is 1.85 bits per heavy atom. The van der Waals surface area contributed by atoms with E-state index in [0.717, 1.165) is 0 Å². The molecule has 0 atom stereocenters. The van der Waals surface area contributed by atoms with Crippen LogP contribution in [0.3, 0.4) is 0 Å². The van der Waals surface area contributed by atoms with Crippen LogP contribution in [0.25, 0.3) is 11.1 Å². The lowest BCUT2D eigenvalue weighted by Gasteiger charge is -2.12. The molecule has 1 N–H and O–H groups in total. The van der Waals surface area contributed by atoms with Crippen molar-refractivity contribution >= 4 is 38.4 Å². The zero-order valence-corrected chi connectivity index (χ0v) is 16.3. The number of nitrogens with one attached hydrogen (secondary N) is 1. The van der Waals surface area contributed by atoms with Gasteiger partial charge in [-0.2, -0.15) is 0 Å². The summed E-state index contributed by atoms with van der Waals surface area (Å²) in [5.74, 6) is 0.249. The van der Waals surface area contributed by atoms with Crippen LogP contribution < -0.4 is 20.0 Å². The summed E-state index contributed by atoms with van der Waals surface area (Å²) in [5, 5.41) is -0.0292. The molecule has 0 amide bonds. The van der Waals surface area contributed by atoms with Crippen LogP contribution in [-0.2, 0) is 16.6 Å². The lowest BCUT2D eigenvalue weighted by Crippen LogP contribution is -2.14. The molecule has 8 nitrogen and oxygen atoms in total. The van der Waals surface area contributed by atoms with Crippen molar-refractivity contribution in [2.75, 3.05) is 18.9 Å². The second kappa shape index (κ2) is 7.16. The van der Waals surface area contributed by atoms with Crippen molar-refractivity contribution < 1.29 is 22.3 Å². The molecule has 10 heteroatoms. The monoisotopic (exact) mass is 412 g/mol. The van der Waals surface area contributed by atoms with E-state index in [2.05, 4.69) is 4.72 Å². The van der Waals surface area contributed by atoms with Gasteiger partial charge >= 0.3 is 5.76 Å². The maximum Gasteiger partial charge on any atom is 0.419 e. The Hall–Kier alpha value is -2.65. The van der Waals surface area contributed by atoms with Gasteiger partial charge in [0.15, 0.2) is 17.1 Å². The Morgan fingerprint density at radius 3 is 2.48 bits per heavy atom. The van der Waals surface area contributed by atoms with E-state index in [4.69, 9.17) is 25.5 Å². The first-order valence-corrected chi connectivity index (χ1v) is 9.74. The van der Waals surface area contributed by atoms with Gasteiger partial charge in [-0.1, -0.05) is 11.6 Å². The highest BCUT2D eigenvalue weighted by Gasteiger charge is 2.22. The summed E-state index contributed by atoms with van der Waals surface area (Å²) in [6.45, 7) is 2.14. The van der Waals surface area contributed by atoms with Crippen molar-refractivity contribution in [3.05, 3.63) is 45.9 Å². The molecule has 0 aliphatic rings. The van der Waals surface area contributed by atoms with Crippen LogP contribution in [0.5, 0.6) is 11.5 Å². The molecule has 0 aliphatic carbocycles. The Kier molecular flexibility index (Phi) is 5.07. The zero-order valence-electron chi connectivity index (χ0n) is 14.8. The molecule has 2 aromatic carbocycles. The Balaban J connectivity index is 2.05. The summed E-state index contributed by atoms with van der Waals surface area (Å²) >= 11 is 6.18. The van der Waals surface area contributed by atoms with Gasteiger partial charge in [0, 0.05) is 18.7 Å². The molecule has 1 heterocycles. The summed E-state index contributed by atoms with van der Waals surface area (Å²) in [7, 11) is -1.12. The molecular weight excluding hydrogens is 396 g/mol. The van der Waals surface area contributed by atoms with Crippen molar-refractivity contribution in [1.29, 1.82) is 0 Å². The fraction of sp³-hybridized carbons (Fsp3) is 0.235. The van der Waals surface area contributed by atoms with Crippen molar-refractivity contribution in [1.82, 2.24) is 4.57 Å². The van der Waals surface area contributed by atoms with Crippen LogP contribution in [0.1, 0.15) is 6.92 Å². The molecular formula is C17H17ClN2O6S. The maximum atomic E-state index is 12.8. The van der Waals surface area contributed by atoms with Crippen molar-refractivity contribution in [2.24, 2.45) is 0 Å². The number of nitrogens with zero attached hydrogens (tertiary/aromatic N) is 1. The zero-order chi connectivity index (χ0) is 19.8. The predicted molar refractivity (Wildman–Crippen MR) is 102 cm³/mol. The van der Waals surface area contributed by atoms with Gasteiger partial charge in [0.1, 0.15) is 4.90 Å². The highest BCUT2D eigenvalue weighted by molar-refractivity contribution is 7.92. The molecule has 0 unspecified atom stereocenters. The number of fused-ring (bicyclic) bond motifs is 1. The minimum atomic E-state index is -4.04. The third kappa shape index (κ3) is 3.47. The highest BCUT2D eigenvalue weighted by Crippen LogP contribution is 2.32. The smallest absolute Gasteiger partial charge is 0.419 e. The summed E-state index contributed by atoms with van der Waals surface area (Å²) in [5.41, 5.74) is 0.827. The Morgan fingerprint density at radius 1 is 1.15 bits per heavy atom. The average molecular weight is 413 g/mol. The number of oxazole rings is 1. The normalized spacial score (nSPS) is 11.6. The first kappa shape index (κ1) is 19.1. The number of hydrogen-bond donors (Lipinski definition) is 1. The number of hydrogen-bond acceptors (Lipinski definition) is 6. The topological polar surface area (TPSA) is 99.8 Å². The fourth-order valence-electron chi connectivity index (χ4n) is 2.68. The predicted octanol–water partition coefficient (Wildman–Crippen LogP) is 3.09. The molecule has 0 saturated heterocycles. The third-order valence-corrected chi connectivity index (χ3v) is 5.81. The Bertz CT molecular complexity index is 1170. The molecule has 0 bridgehead atoms. The van der Waals surface area contributed by atoms with E-state index in [9.17, 15) is 13.2 Å². The molecule has 0 fully saturated rings. The molecule has 27 heavy (non-hydrogen) atoms. The van der Waals surface area contributed by atoms with Crippen molar-refractivity contribution in [3.8, 4) is 11.5 Å².